The Bertz CT molecular complexity index is 999. The molecule has 1 saturated heterocycles. The number of carbonyl (C=O) groups is 1. The minimum atomic E-state index is -4.52. The van der Waals surface area contributed by atoms with Gasteiger partial charge in [0.05, 0.1) is 5.75 Å². The average Bonchev–Trinajstić information content (AvgIpc) is 3.15. The molecule has 164 valence electrons. The van der Waals surface area contributed by atoms with E-state index in [0.717, 1.165) is 0 Å². The Morgan fingerprint density at radius 2 is 1.93 bits per heavy atom. The fraction of sp³-hybridized carbons (Fsp3) is 0.444. The molecule has 1 amide bonds. The number of H-pyrrole nitrogens is 1. The molecule has 0 bridgehead atoms. The Hall–Kier alpha value is -2.47. The third-order valence-electron chi connectivity index (χ3n) is 4.80. The molecule has 1 aromatic carbocycles. The summed E-state index contributed by atoms with van der Waals surface area (Å²) in [6, 6.07) is 6.80. The van der Waals surface area contributed by atoms with Crippen LogP contribution in [-0.2, 0) is 15.8 Å². The van der Waals surface area contributed by atoms with Crippen LogP contribution in [0.1, 0.15) is 40.5 Å². The molecule has 7 nitrogen and oxygen atoms in total. The summed E-state index contributed by atoms with van der Waals surface area (Å²) in [5, 5.41) is 8.15. The molecule has 2 aromatic rings. The van der Waals surface area contributed by atoms with Crippen LogP contribution >= 0.6 is 0 Å². The summed E-state index contributed by atoms with van der Waals surface area (Å²) in [5.41, 5.74) is 0.768. The van der Waals surface area contributed by atoms with Crippen molar-refractivity contribution in [2.24, 2.45) is 0 Å². The van der Waals surface area contributed by atoms with Crippen LogP contribution < -0.4 is 5.32 Å². The molecule has 0 unspecified atom stereocenters. The van der Waals surface area contributed by atoms with Crippen LogP contribution in [-0.4, -0.2) is 54.6 Å². The zero-order valence-corrected chi connectivity index (χ0v) is 16.6. The van der Waals surface area contributed by atoms with Gasteiger partial charge >= 0.3 is 6.18 Å². The van der Waals surface area contributed by atoms with Gasteiger partial charge in [0.25, 0.3) is 5.91 Å². The Balaban J connectivity index is 1.56. The number of aromatic amines is 1. The predicted molar refractivity (Wildman–Crippen MR) is 99.5 cm³/mol. The lowest BCUT2D eigenvalue weighted by atomic mass is 9.94. The number of halogens is 4. The summed E-state index contributed by atoms with van der Waals surface area (Å²) in [6.45, 7) is -0.983. The van der Waals surface area contributed by atoms with Crippen molar-refractivity contribution >= 4 is 15.9 Å². The van der Waals surface area contributed by atoms with E-state index in [1.54, 1.807) is 11.4 Å². The van der Waals surface area contributed by atoms with E-state index in [4.69, 9.17) is 0 Å². The fourth-order valence-electron chi connectivity index (χ4n) is 3.31. The highest BCUT2D eigenvalue weighted by Crippen LogP contribution is 2.29. The molecule has 1 aliphatic rings. The molecule has 0 saturated carbocycles. The highest BCUT2D eigenvalue weighted by molar-refractivity contribution is 7.88. The van der Waals surface area contributed by atoms with Crippen LogP contribution in [0.25, 0.3) is 0 Å². The number of amides is 1. The van der Waals surface area contributed by atoms with Crippen molar-refractivity contribution in [1.29, 1.82) is 0 Å². The van der Waals surface area contributed by atoms with E-state index in [1.165, 1.54) is 28.6 Å². The summed E-state index contributed by atoms with van der Waals surface area (Å²) in [4.78, 5) is 11.8. The van der Waals surface area contributed by atoms with E-state index < -0.39 is 34.5 Å². The lowest BCUT2D eigenvalue weighted by Crippen LogP contribution is -2.38. The molecule has 3 rings (SSSR count). The SMILES string of the molecule is O=C(NCC(F)(F)F)c1cc(C2CCN(S(=O)(=O)Cc3cccc(F)c3)CC2)[nH]n1. The first kappa shape index (κ1) is 22.2. The number of hydrogen-bond donors (Lipinski definition) is 2. The topological polar surface area (TPSA) is 95.2 Å². The number of nitrogens with zero attached hydrogens (tertiary/aromatic N) is 2. The Morgan fingerprint density at radius 1 is 1.23 bits per heavy atom. The third kappa shape index (κ3) is 5.79. The van der Waals surface area contributed by atoms with Gasteiger partial charge in [-0.3, -0.25) is 9.89 Å². The zero-order valence-electron chi connectivity index (χ0n) is 15.7. The molecular formula is C18H20F4N4O3S. The first-order valence-corrected chi connectivity index (χ1v) is 10.8. The number of hydrogen-bond acceptors (Lipinski definition) is 4. The number of rotatable bonds is 6. The van der Waals surface area contributed by atoms with Crippen molar-refractivity contribution in [2.45, 2.75) is 30.7 Å². The number of nitrogens with one attached hydrogen (secondary N) is 2. The Morgan fingerprint density at radius 3 is 2.57 bits per heavy atom. The Labute approximate surface area is 170 Å². The summed E-state index contributed by atoms with van der Waals surface area (Å²) in [5.74, 6) is -1.86. The van der Waals surface area contributed by atoms with Gasteiger partial charge in [0.2, 0.25) is 10.0 Å². The first-order valence-electron chi connectivity index (χ1n) is 9.16. The molecule has 2 N–H and O–H groups in total. The number of piperidine rings is 1. The highest BCUT2D eigenvalue weighted by atomic mass is 32.2. The minimum absolute atomic E-state index is 0.109. The quantitative estimate of drug-likeness (QED) is 0.664. The smallest absolute Gasteiger partial charge is 0.342 e. The molecule has 1 fully saturated rings. The number of benzene rings is 1. The van der Waals surface area contributed by atoms with Crippen LogP contribution in [0, 0.1) is 5.82 Å². The van der Waals surface area contributed by atoms with E-state index in [0.29, 0.717) is 24.1 Å². The van der Waals surface area contributed by atoms with E-state index in [2.05, 4.69) is 10.2 Å². The lowest BCUT2D eigenvalue weighted by Gasteiger charge is -2.30. The van der Waals surface area contributed by atoms with Crippen molar-refractivity contribution in [2.75, 3.05) is 19.6 Å². The molecule has 0 radical (unpaired) electrons. The van der Waals surface area contributed by atoms with Crippen LogP contribution in [0.3, 0.4) is 0 Å². The Kier molecular flexibility index (Phi) is 6.46. The largest absolute Gasteiger partial charge is 0.405 e. The van der Waals surface area contributed by atoms with Gasteiger partial charge < -0.3 is 5.32 Å². The lowest BCUT2D eigenvalue weighted by molar-refractivity contribution is -0.123. The van der Waals surface area contributed by atoms with Gasteiger partial charge in [-0.2, -0.15) is 18.3 Å². The normalized spacial score (nSPS) is 16.5. The van der Waals surface area contributed by atoms with Gasteiger partial charge in [0.15, 0.2) is 0 Å². The first-order chi connectivity index (χ1) is 14.0. The predicted octanol–water partition coefficient (Wildman–Crippen LogP) is 2.55. The van der Waals surface area contributed by atoms with Crippen LogP contribution in [0.4, 0.5) is 17.6 Å². The molecule has 2 heterocycles. The van der Waals surface area contributed by atoms with E-state index in [9.17, 15) is 30.8 Å². The van der Waals surface area contributed by atoms with Gasteiger partial charge in [-0.15, -0.1) is 0 Å². The van der Waals surface area contributed by atoms with Gasteiger partial charge in [0.1, 0.15) is 18.1 Å². The van der Waals surface area contributed by atoms with E-state index >= 15 is 0 Å². The molecular weight excluding hydrogens is 428 g/mol. The number of sulfonamides is 1. The summed E-state index contributed by atoms with van der Waals surface area (Å²) in [6.07, 6.45) is -3.61. The monoisotopic (exact) mass is 448 g/mol. The van der Waals surface area contributed by atoms with Crippen molar-refractivity contribution in [3.63, 3.8) is 0 Å². The second-order valence-electron chi connectivity index (χ2n) is 7.07. The van der Waals surface area contributed by atoms with E-state index in [1.807, 2.05) is 0 Å². The maximum absolute atomic E-state index is 13.3. The summed E-state index contributed by atoms with van der Waals surface area (Å²) < 4.78 is 76.4. The summed E-state index contributed by atoms with van der Waals surface area (Å²) in [7, 11) is -3.62. The number of carbonyl (C=O) groups excluding carboxylic acids is 1. The third-order valence-corrected chi connectivity index (χ3v) is 6.66. The van der Waals surface area contributed by atoms with Crippen molar-refractivity contribution in [1.82, 2.24) is 19.8 Å². The number of aromatic nitrogens is 2. The fourth-order valence-corrected chi connectivity index (χ4v) is 4.86. The van der Waals surface area contributed by atoms with Crippen molar-refractivity contribution in [3.8, 4) is 0 Å². The van der Waals surface area contributed by atoms with Crippen LogP contribution in [0.15, 0.2) is 30.3 Å². The van der Waals surface area contributed by atoms with Gasteiger partial charge in [-0.05, 0) is 36.6 Å². The van der Waals surface area contributed by atoms with Gasteiger partial charge in [-0.1, -0.05) is 12.1 Å². The molecule has 0 spiro atoms. The standard InChI is InChI=1S/C18H20F4N4O3S/c19-14-3-1-2-12(8-14)10-30(28,29)26-6-4-13(5-7-26)15-9-16(25-24-15)17(27)23-11-18(20,21)22/h1-3,8-9,13H,4-7,10-11H2,(H,23,27)(H,24,25). The van der Waals surface area contributed by atoms with E-state index in [-0.39, 0.29) is 30.5 Å². The van der Waals surface area contributed by atoms with Crippen molar-refractivity contribution < 1.29 is 30.8 Å². The molecule has 0 atom stereocenters. The van der Waals surface area contributed by atoms with Crippen LogP contribution in [0.2, 0.25) is 0 Å². The van der Waals surface area contributed by atoms with Gasteiger partial charge in [0, 0.05) is 24.7 Å². The summed E-state index contributed by atoms with van der Waals surface area (Å²) >= 11 is 0. The van der Waals surface area contributed by atoms with Gasteiger partial charge in [-0.25, -0.2) is 17.1 Å². The molecule has 12 heteroatoms. The zero-order chi connectivity index (χ0) is 21.9. The minimum Gasteiger partial charge on any atom is -0.342 e. The molecule has 30 heavy (non-hydrogen) atoms. The number of alkyl halides is 3. The van der Waals surface area contributed by atoms with Crippen LogP contribution in [0.5, 0.6) is 0 Å². The molecule has 1 aromatic heterocycles. The molecule has 1 aliphatic heterocycles. The van der Waals surface area contributed by atoms with Crippen molar-refractivity contribution in [3.05, 3.63) is 53.1 Å². The second-order valence-corrected chi connectivity index (χ2v) is 9.03. The highest BCUT2D eigenvalue weighted by Gasteiger charge is 2.31. The second kappa shape index (κ2) is 8.72. The maximum Gasteiger partial charge on any atom is 0.405 e. The maximum atomic E-state index is 13.3. The average molecular weight is 448 g/mol. The molecule has 0 aliphatic carbocycles.